The zero-order valence-corrected chi connectivity index (χ0v) is 11.3. The van der Waals surface area contributed by atoms with Gasteiger partial charge in [0.15, 0.2) is 0 Å². The molecule has 0 saturated carbocycles. The number of sulfonamides is 1. The molecule has 110 valence electrons. The monoisotopic (exact) mass is 303 g/mol. The molecular weight excluding hydrogens is 289 g/mol. The second-order valence-corrected chi connectivity index (χ2v) is 6.53. The van der Waals surface area contributed by atoms with Gasteiger partial charge in [0.2, 0.25) is 10.0 Å². The Balaban J connectivity index is 2.22. The molecule has 2 N–H and O–H groups in total. The summed E-state index contributed by atoms with van der Waals surface area (Å²) in [6, 6.07) is 2.65. The summed E-state index contributed by atoms with van der Waals surface area (Å²) in [5, 5.41) is 13.0. The highest BCUT2D eigenvalue weighted by Crippen LogP contribution is 2.22. The second kappa shape index (κ2) is 5.71. The van der Waals surface area contributed by atoms with Crippen molar-refractivity contribution in [1.29, 1.82) is 0 Å². The highest BCUT2D eigenvalue weighted by Gasteiger charge is 2.27. The summed E-state index contributed by atoms with van der Waals surface area (Å²) in [5.41, 5.74) is -0.633. The fraction of sp³-hybridized carbons (Fsp3) is 0.455. The van der Waals surface area contributed by atoms with Gasteiger partial charge in [0.1, 0.15) is 5.82 Å². The van der Waals surface area contributed by atoms with Crippen LogP contribution in [-0.2, 0) is 10.0 Å². The van der Waals surface area contributed by atoms with E-state index < -0.39 is 31.7 Å². The fourth-order valence-electron chi connectivity index (χ4n) is 2.07. The third kappa shape index (κ3) is 3.42. The Labute approximate surface area is 115 Å². The largest absolute Gasteiger partial charge is 0.315 e. The van der Waals surface area contributed by atoms with E-state index in [-0.39, 0.29) is 5.69 Å². The molecule has 9 heteroatoms. The molecule has 1 aromatic rings. The van der Waals surface area contributed by atoms with Gasteiger partial charge in [-0.05, 0) is 25.5 Å². The summed E-state index contributed by atoms with van der Waals surface area (Å²) in [6.07, 6.45) is 1.23. The first kappa shape index (κ1) is 14.7. The van der Waals surface area contributed by atoms with Crippen molar-refractivity contribution in [3.63, 3.8) is 0 Å². The topological polar surface area (TPSA) is 101 Å². The van der Waals surface area contributed by atoms with Crippen LogP contribution < -0.4 is 10.0 Å². The molecule has 0 spiro atoms. The number of anilines is 1. The maximum Gasteiger partial charge on any atom is 0.274 e. The number of rotatable bonds is 4. The molecule has 0 aromatic heterocycles. The Bertz CT molecular complexity index is 614. The van der Waals surface area contributed by atoms with E-state index >= 15 is 0 Å². The molecule has 1 atom stereocenters. The summed E-state index contributed by atoms with van der Waals surface area (Å²) < 4.78 is 39.7. The Morgan fingerprint density at radius 1 is 1.40 bits per heavy atom. The summed E-state index contributed by atoms with van der Waals surface area (Å²) in [7, 11) is -3.70. The van der Waals surface area contributed by atoms with Crippen LogP contribution in [0.2, 0.25) is 0 Å². The van der Waals surface area contributed by atoms with Crippen LogP contribution in [0.1, 0.15) is 12.8 Å². The van der Waals surface area contributed by atoms with Crippen LogP contribution in [0.25, 0.3) is 0 Å². The lowest BCUT2D eigenvalue weighted by Gasteiger charge is -2.23. The molecule has 1 unspecified atom stereocenters. The van der Waals surface area contributed by atoms with Crippen LogP contribution >= 0.6 is 0 Å². The predicted octanol–water partition coefficient (Wildman–Crippen LogP) is 1.23. The van der Waals surface area contributed by atoms with Crippen LogP contribution in [0.5, 0.6) is 0 Å². The molecule has 1 aromatic carbocycles. The zero-order valence-electron chi connectivity index (χ0n) is 10.5. The van der Waals surface area contributed by atoms with Gasteiger partial charge in [-0.25, -0.2) is 12.8 Å². The summed E-state index contributed by atoms with van der Waals surface area (Å²) in [4.78, 5) is 9.85. The van der Waals surface area contributed by atoms with Gasteiger partial charge in [0.25, 0.3) is 5.69 Å². The number of nitrogens with zero attached hydrogens (tertiary/aromatic N) is 1. The molecule has 2 rings (SSSR count). The van der Waals surface area contributed by atoms with E-state index in [4.69, 9.17) is 0 Å². The van der Waals surface area contributed by atoms with E-state index in [0.717, 1.165) is 31.2 Å². The lowest BCUT2D eigenvalue weighted by molar-refractivity contribution is -0.385. The van der Waals surface area contributed by atoms with E-state index in [0.29, 0.717) is 13.0 Å². The van der Waals surface area contributed by atoms with Crippen molar-refractivity contribution >= 4 is 21.4 Å². The maximum atomic E-state index is 13.3. The molecule has 0 radical (unpaired) electrons. The van der Waals surface area contributed by atoms with E-state index in [9.17, 15) is 22.9 Å². The molecule has 0 bridgehead atoms. The summed E-state index contributed by atoms with van der Waals surface area (Å²) in [5.74, 6) is -0.862. The van der Waals surface area contributed by atoms with E-state index in [1.807, 2.05) is 0 Å². The highest BCUT2D eigenvalue weighted by molar-refractivity contribution is 7.93. The Morgan fingerprint density at radius 2 is 2.15 bits per heavy atom. The summed E-state index contributed by atoms with van der Waals surface area (Å²) >= 11 is 0. The van der Waals surface area contributed by atoms with Gasteiger partial charge in [-0.2, -0.15) is 0 Å². The molecule has 20 heavy (non-hydrogen) atoms. The van der Waals surface area contributed by atoms with Gasteiger partial charge >= 0.3 is 0 Å². The number of halogens is 1. The van der Waals surface area contributed by atoms with Crippen molar-refractivity contribution in [3.8, 4) is 0 Å². The number of hydrogen-bond donors (Lipinski definition) is 2. The van der Waals surface area contributed by atoms with Crippen molar-refractivity contribution in [2.24, 2.45) is 0 Å². The van der Waals surface area contributed by atoms with Crippen molar-refractivity contribution in [1.82, 2.24) is 5.32 Å². The SMILES string of the molecule is O=[N+]([O-])c1cc(F)cc(NS(=O)(=O)C2CCCNC2)c1. The Kier molecular flexibility index (Phi) is 4.19. The van der Waals surface area contributed by atoms with E-state index in [2.05, 4.69) is 10.0 Å². The van der Waals surface area contributed by atoms with E-state index in [1.165, 1.54) is 0 Å². The zero-order chi connectivity index (χ0) is 14.8. The first-order valence-corrected chi connectivity index (χ1v) is 7.60. The number of hydrogen-bond acceptors (Lipinski definition) is 5. The molecular formula is C11H14FN3O4S. The molecule has 1 heterocycles. The Morgan fingerprint density at radius 3 is 2.75 bits per heavy atom. The van der Waals surface area contributed by atoms with Gasteiger partial charge in [-0.15, -0.1) is 0 Å². The molecule has 1 saturated heterocycles. The molecule has 1 aliphatic rings. The molecule has 0 aliphatic carbocycles. The molecule has 1 aliphatic heterocycles. The first-order chi connectivity index (χ1) is 9.38. The smallest absolute Gasteiger partial charge is 0.274 e. The van der Waals surface area contributed by atoms with Crippen LogP contribution in [0.4, 0.5) is 15.8 Å². The number of benzene rings is 1. The Hall–Kier alpha value is -1.74. The van der Waals surface area contributed by atoms with Crippen molar-refractivity contribution in [3.05, 3.63) is 34.1 Å². The standard InChI is InChI=1S/C11H14FN3O4S/c12-8-4-9(6-10(5-8)15(16)17)14-20(18,19)11-2-1-3-13-7-11/h4-6,11,13-14H,1-3,7H2. The molecule has 7 nitrogen and oxygen atoms in total. The van der Waals surface area contributed by atoms with Gasteiger partial charge in [0.05, 0.1) is 21.9 Å². The normalized spacial score (nSPS) is 19.6. The van der Waals surface area contributed by atoms with Crippen LogP contribution in [0.15, 0.2) is 18.2 Å². The van der Waals surface area contributed by atoms with Crippen molar-refractivity contribution in [2.75, 3.05) is 17.8 Å². The minimum absolute atomic E-state index is 0.137. The minimum atomic E-state index is -3.70. The van der Waals surface area contributed by atoms with Crippen molar-refractivity contribution in [2.45, 2.75) is 18.1 Å². The van der Waals surface area contributed by atoms with Crippen molar-refractivity contribution < 1.29 is 17.7 Å². The van der Waals surface area contributed by atoms with E-state index in [1.54, 1.807) is 0 Å². The second-order valence-electron chi connectivity index (χ2n) is 4.57. The average Bonchev–Trinajstić information content (AvgIpc) is 2.38. The predicted molar refractivity (Wildman–Crippen MR) is 71.5 cm³/mol. The third-order valence-electron chi connectivity index (χ3n) is 3.04. The molecule has 0 amide bonds. The van der Waals surface area contributed by atoms with Gasteiger partial charge in [-0.3, -0.25) is 14.8 Å². The number of piperidine rings is 1. The number of nitro groups is 1. The third-order valence-corrected chi connectivity index (χ3v) is 4.84. The lowest BCUT2D eigenvalue weighted by atomic mass is 10.2. The lowest BCUT2D eigenvalue weighted by Crippen LogP contribution is -2.41. The molecule has 1 fully saturated rings. The maximum absolute atomic E-state index is 13.3. The van der Waals surface area contributed by atoms with Crippen LogP contribution in [0, 0.1) is 15.9 Å². The highest BCUT2D eigenvalue weighted by atomic mass is 32.2. The van der Waals surface area contributed by atoms with Gasteiger partial charge < -0.3 is 5.32 Å². The number of non-ortho nitro benzene ring substituents is 1. The van der Waals surface area contributed by atoms with Gasteiger partial charge in [-0.1, -0.05) is 0 Å². The fourth-order valence-corrected chi connectivity index (χ4v) is 3.50. The first-order valence-electron chi connectivity index (χ1n) is 6.06. The van der Waals surface area contributed by atoms with Crippen LogP contribution in [-0.4, -0.2) is 31.7 Å². The van der Waals surface area contributed by atoms with Gasteiger partial charge in [0, 0.05) is 12.6 Å². The summed E-state index contributed by atoms with van der Waals surface area (Å²) in [6.45, 7) is 1.07. The quantitative estimate of drug-likeness (QED) is 0.643. The number of nitro benzene ring substituents is 1. The number of nitrogens with one attached hydrogen (secondary N) is 2. The van der Waals surface area contributed by atoms with Crippen LogP contribution in [0.3, 0.4) is 0 Å². The minimum Gasteiger partial charge on any atom is -0.315 e. The average molecular weight is 303 g/mol.